The number of alkyl halides is 2. The van der Waals surface area contributed by atoms with Crippen LogP contribution in [0.3, 0.4) is 0 Å². The minimum absolute atomic E-state index is 0. The van der Waals surface area contributed by atoms with E-state index in [9.17, 15) is 22.0 Å². The molecule has 1 aliphatic carbocycles. The van der Waals surface area contributed by atoms with Gasteiger partial charge in [0.15, 0.2) is 0 Å². The maximum Gasteiger partial charge on any atom is 0.277 e. The number of rotatable bonds is 7. The standard InChI is InChI=1S/C13H17F2N3O3S.ClH/c14-13(15,7-16)8-17-12(19)9-2-1-3-11(6-9)22(20,21)18-10-4-5-10;/h1-3,6,10,18H,4-5,7-8,16H2,(H,17,19);1H. The highest BCUT2D eigenvalue weighted by Crippen LogP contribution is 2.22. The number of carbonyl (C=O) groups is 1. The van der Waals surface area contributed by atoms with Crippen LogP contribution in [0.25, 0.3) is 0 Å². The zero-order chi connectivity index (χ0) is 16.4. The first-order valence-electron chi connectivity index (χ1n) is 6.72. The van der Waals surface area contributed by atoms with Crippen molar-refractivity contribution in [2.45, 2.75) is 29.7 Å². The topological polar surface area (TPSA) is 101 Å². The fourth-order valence-electron chi connectivity index (χ4n) is 1.68. The van der Waals surface area contributed by atoms with Crippen molar-refractivity contribution >= 4 is 28.3 Å². The van der Waals surface area contributed by atoms with E-state index < -0.39 is 34.9 Å². The molecule has 2 rings (SSSR count). The van der Waals surface area contributed by atoms with E-state index in [0.29, 0.717) is 0 Å². The van der Waals surface area contributed by atoms with E-state index >= 15 is 0 Å². The van der Waals surface area contributed by atoms with E-state index in [4.69, 9.17) is 5.73 Å². The van der Waals surface area contributed by atoms with Gasteiger partial charge in [0.1, 0.15) is 0 Å². The third-order valence-electron chi connectivity index (χ3n) is 3.11. The Morgan fingerprint density at radius 1 is 1.35 bits per heavy atom. The third-order valence-corrected chi connectivity index (χ3v) is 4.63. The second-order valence-electron chi connectivity index (χ2n) is 5.17. The molecule has 1 aromatic carbocycles. The predicted molar refractivity (Wildman–Crippen MR) is 83.4 cm³/mol. The van der Waals surface area contributed by atoms with Gasteiger partial charge in [0, 0.05) is 11.6 Å². The number of hydrogen-bond acceptors (Lipinski definition) is 4. The summed E-state index contributed by atoms with van der Waals surface area (Å²) in [6.45, 7) is -1.79. The summed E-state index contributed by atoms with van der Waals surface area (Å²) >= 11 is 0. The van der Waals surface area contributed by atoms with Crippen LogP contribution < -0.4 is 15.8 Å². The van der Waals surface area contributed by atoms with Crippen molar-refractivity contribution in [1.29, 1.82) is 0 Å². The molecule has 0 saturated heterocycles. The Morgan fingerprint density at radius 3 is 2.57 bits per heavy atom. The molecule has 0 unspecified atom stereocenters. The number of amides is 1. The molecule has 0 atom stereocenters. The van der Waals surface area contributed by atoms with Gasteiger partial charge in [0.2, 0.25) is 10.0 Å². The second-order valence-corrected chi connectivity index (χ2v) is 6.88. The molecule has 1 aromatic rings. The lowest BCUT2D eigenvalue weighted by molar-refractivity contribution is 0.0118. The first kappa shape index (κ1) is 19.8. The molecule has 1 saturated carbocycles. The lowest BCUT2D eigenvalue weighted by Crippen LogP contribution is -2.41. The number of halogens is 3. The molecular weight excluding hydrogens is 352 g/mol. The molecular formula is C13H18ClF2N3O3S. The third kappa shape index (κ3) is 5.69. The van der Waals surface area contributed by atoms with Gasteiger partial charge in [-0.15, -0.1) is 12.4 Å². The summed E-state index contributed by atoms with van der Waals surface area (Å²) in [5.74, 6) is -3.98. The fourth-order valence-corrected chi connectivity index (χ4v) is 3.03. The molecule has 0 radical (unpaired) electrons. The average molecular weight is 370 g/mol. The van der Waals surface area contributed by atoms with Gasteiger partial charge >= 0.3 is 0 Å². The summed E-state index contributed by atoms with van der Waals surface area (Å²) in [6, 6.07) is 5.17. The molecule has 1 aliphatic rings. The Hall–Kier alpha value is -1.29. The summed E-state index contributed by atoms with van der Waals surface area (Å²) in [5, 5.41) is 2.04. The van der Waals surface area contributed by atoms with Crippen molar-refractivity contribution in [1.82, 2.24) is 10.0 Å². The van der Waals surface area contributed by atoms with E-state index in [0.717, 1.165) is 18.9 Å². The minimum Gasteiger partial charge on any atom is -0.346 e. The van der Waals surface area contributed by atoms with Crippen LogP contribution >= 0.6 is 12.4 Å². The summed E-state index contributed by atoms with van der Waals surface area (Å²) < 4.78 is 52.6. The van der Waals surface area contributed by atoms with Crippen molar-refractivity contribution in [2.75, 3.05) is 13.1 Å². The molecule has 0 aliphatic heterocycles. The van der Waals surface area contributed by atoms with Crippen molar-refractivity contribution < 1.29 is 22.0 Å². The molecule has 1 fully saturated rings. The van der Waals surface area contributed by atoms with E-state index in [-0.39, 0.29) is 28.9 Å². The maximum absolute atomic E-state index is 13.0. The zero-order valence-corrected chi connectivity index (χ0v) is 13.7. The van der Waals surface area contributed by atoms with Gasteiger partial charge in [-0.2, -0.15) is 0 Å². The second kappa shape index (κ2) is 7.52. The van der Waals surface area contributed by atoms with Gasteiger partial charge in [-0.1, -0.05) is 6.07 Å². The predicted octanol–water partition coefficient (Wildman–Crippen LogP) is 0.873. The molecule has 6 nitrogen and oxygen atoms in total. The van der Waals surface area contributed by atoms with Crippen molar-refractivity contribution in [2.24, 2.45) is 5.73 Å². The molecule has 0 spiro atoms. The number of benzene rings is 1. The lowest BCUT2D eigenvalue weighted by Gasteiger charge is -2.14. The summed E-state index contributed by atoms with van der Waals surface area (Å²) in [4.78, 5) is 11.7. The van der Waals surface area contributed by atoms with Crippen LogP contribution in [0.5, 0.6) is 0 Å². The van der Waals surface area contributed by atoms with Gasteiger partial charge in [-0.05, 0) is 31.0 Å². The van der Waals surface area contributed by atoms with Crippen LogP contribution in [0.2, 0.25) is 0 Å². The monoisotopic (exact) mass is 369 g/mol. The average Bonchev–Trinajstić information content (AvgIpc) is 3.28. The molecule has 1 amide bonds. The van der Waals surface area contributed by atoms with Gasteiger partial charge in [-0.3, -0.25) is 4.79 Å². The first-order chi connectivity index (χ1) is 10.2. The molecule has 0 heterocycles. The lowest BCUT2D eigenvalue weighted by atomic mass is 10.2. The van der Waals surface area contributed by atoms with Crippen LogP contribution in [-0.2, 0) is 10.0 Å². The highest BCUT2D eigenvalue weighted by atomic mass is 35.5. The highest BCUT2D eigenvalue weighted by Gasteiger charge is 2.29. The smallest absolute Gasteiger partial charge is 0.277 e. The largest absolute Gasteiger partial charge is 0.346 e. The van der Waals surface area contributed by atoms with Crippen LogP contribution in [0.4, 0.5) is 8.78 Å². The highest BCUT2D eigenvalue weighted by molar-refractivity contribution is 7.89. The number of sulfonamides is 1. The van der Waals surface area contributed by atoms with E-state index in [1.807, 2.05) is 5.32 Å². The first-order valence-corrected chi connectivity index (χ1v) is 8.20. The van der Waals surface area contributed by atoms with Crippen LogP contribution in [0, 0.1) is 0 Å². The number of nitrogens with one attached hydrogen (secondary N) is 2. The SMILES string of the molecule is Cl.NCC(F)(F)CNC(=O)c1cccc(S(=O)(=O)NC2CC2)c1. The molecule has 130 valence electrons. The Morgan fingerprint density at radius 2 is 2.00 bits per heavy atom. The molecule has 23 heavy (non-hydrogen) atoms. The van der Waals surface area contributed by atoms with Crippen LogP contribution in [0.15, 0.2) is 29.2 Å². The van der Waals surface area contributed by atoms with E-state index in [1.165, 1.54) is 18.2 Å². The summed E-state index contributed by atoms with van der Waals surface area (Å²) in [7, 11) is -3.70. The van der Waals surface area contributed by atoms with Crippen LogP contribution in [-0.4, -0.2) is 39.4 Å². The van der Waals surface area contributed by atoms with Crippen molar-refractivity contribution in [3.63, 3.8) is 0 Å². The van der Waals surface area contributed by atoms with Gasteiger partial charge in [0.05, 0.1) is 18.0 Å². The Kier molecular flexibility index (Phi) is 6.46. The molecule has 10 heteroatoms. The fraction of sp³-hybridized carbons (Fsp3) is 0.462. The summed E-state index contributed by atoms with van der Waals surface area (Å²) in [6.07, 6.45) is 1.57. The maximum atomic E-state index is 13.0. The molecule has 0 aromatic heterocycles. The van der Waals surface area contributed by atoms with E-state index in [1.54, 1.807) is 0 Å². The number of carbonyl (C=O) groups excluding carboxylic acids is 1. The van der Waals surface area contributed by atoms with E-state index in [2.05, 4.69) is 4.72 Å². The van der Waals surface area contributed by atoms with Crippen molar-refractivity contribution in [3.8, 4) is 0 Å². The molecule has 4 N–H and O–H groups in total. The van der Waals surface area contributed by atoms with Gasteiger partial charge in [0.25, 0.3) is 11.8 Å². The normalized spacial score (nSPS) is 14.9. The zero-order valence-electron chi connectivity index (χ0n) is 12.1. The summed E-state index contributed by atoms with van der Waals surface area (Å²) in [5.41, 5.74) is 4.87. The van der Waals surface area contributed by atoms with Crippen LogP contribution in [0.1, 0.15) is 23.2 Å². The Bertz CT molecular complexity index is 666. The number of hydrogen-bond donors (Lipinski definition) is 3. The minimum atomic E-state index is -3.70. The van der Waals surface area contributed by atoms with Gasteiger partial charge < -0.3 is 11.1 Å². The van der Waals surface area contributed by atoms with Gasteiger partial charge in [-0.25, -0.2) is 21.9 Å². The van der Waals surface area contributed by atoms with Crippen molar-refractivity contribution in [3.05, 3.63) is 29.8 Å². The molecule has 0 bridgehead atoms. The quantitative estimate of drug-likeness (QED) is 0.663. The number of nitrogens with two attached hydrogens (primary N) is 1. The Labute approximate surface area is 139 Å². The Balaban J connectivity index is 0.00000264.